The maximum absolute atomic E-state index is 8.14. The van der Waals surface area contributed by atoms with Crippen molar-refractivity contribution in [3.8, 4) is 0 Å². The number of rotatable bonds is 2. The molecule has 0 heterocycles. The molecule has 0 aliphatic heterocycles. The Bertz CT molecular complexity index is 24.7. The van der Waals surface area contributed by atoms with Gasteiger partial charge in [-0.1, -0.05) is 6.92 Å². The van der Waals surface area contributed by atoms with E-state index < -0.39 is 0 Å². The standard InChI is InChI=1S/C4H9O2/c1-4(2-5)3-6/h5-6H,2-3H2,1H3. The fourth-order valence-electron chi connectivity index (χ4n) is 0.0500. The van der Waals surface area contributed by atoms with Crippen LogP contribution in [0.3, 0.4) is 0 Å². The van der Waals surface area contributed by atoms with Crippen molar-refractivity contribution in [2.75, 3.05) is 13.2 Å². The van der Waals surface area contributed by atoms with Crippen LogP contribution in [-0.4, -0.2) is 23.4 Å². The first kappa shape index (κ1) is 5.92. The van der Waals surface area contributed by atoms with Gasteiger partial charge in [-0.05, 0) is 0 Å². The van der Waals surface area contributed by atoms with E-state index in [0.717, 1.165) is 0 Å². The Balaban J connectivity index is 2.75. The summed E-state index contributed by atoms with van der Waals surface area (Å²) in [5.41, 5.74) is 0. The second-order valence-corrected chi connectivity index (χ2v) is 1.27. The highest BCUT2D eigenvalue weighted by atomic mass is 16.3. The Labute approximate surface area is 37.4 Å². The lowest BCUT2D eigenvalue weighted by Gasteiger charge is -1.96. The molecule has 0 saturated heterocycles. The van der Waals surface area contributed by atoms with Crippen molar-refractivity contribution >= 4 is 0 Å². The van der Waals surface area contributed by atoms with Gasteiger partial charge in [-0.3, -0.25) is 0 Å². The molecule has 0 aliphatic carbocycles. The molecule has 0 aromatic carbocycles. The second kappa shape index (κ2) is 3.12. The predicted octanol–water partition coefficient (Wildman–Crippen LogP) is -0.435. The molecule has 0 fully saturated rings. The first-order valence-corrected chi connectivity index (χ1v) is 1.84. The molecule has 0 aromatic heterocycles. The van der Waals surface area contributed by atoms with Crippen LogP contribution in [0, 0.1) is 5.92 Å². The summed E-state index contributed by atoms with van der Waals surface area (Å²) in [6.45, 7) is 1.69. The van der Waals surface area contributed by atoms with Crippen LogP contribution < -0.4 is 0 Å². The fourth-order valence-corrected chi connectivity index (χ4v) is 0.0500. The van der Waals surface area contributed by atoms with Gasteiger partial charge in [-0.15, -0.1) is 0 Å². The van der Waals surface area contributed by atoms with Crippen LogP contribution in [-0.2, 0) is 0 Å². The molecule has 0 saturated carbocycles. The lowest BCUT2D eigenvalue weighted by Crippen LogP contribution is -2.01. The van der Waals surface area contributed by atoms with Gasteiger partial charge in [0.15, 0.2) is 0 Å². The van der Waals surface area contributed by atoms with Gasteiger partial charge in [0.25, 0.3) is 0 Å². The summed E-state index contributed by atoms with van der Waals surface area (Å²) in [5.74, 6) is 0.704. The minimum Gasteiger partial charge on any atom is -0.396 e. The van der Waals surface area contributed by atoms with Crippen molar-refractivity contribution < 1.29 is 10.2 Å². The molecule has 0 aliphatic rings. The Morgan fingerprint density at radius 1 is 1.33 bits per heavy atom. The third-order valence-electron chi connectivity index (χ3n) is 0.540. The predicted molar refractivity (Wildman–Crippen MR) is 23.1 cm³/mol. The van der Waals surface area contributed by atoms with Crippen LogP contribution in [0.25, 0.3) is 0 Å². The monoisotopic (exact) mass is 89.1 g/mol. The van der Waals surface area contributed by atoms with Crippen molar-refractivity contribution in [1.82, 2.24) is 0 Å². The summed E-state index contributed by atoms with van der Waals surface area (Å²) < 4.78 is 0. The summed E-state index contributed by atoms with van der Waals surface area (Å²) in [7, 11) is 0. The highest BCUT2D eigenvalue weighted by Crippen LogP contribution is 1.89. The highest BCUT2D eigenvalue weighted by Gasteiger charge is 1.92. The molecule has 0 spiro atoms. The van der Waals surface area contributed by atoms with Gasteiger partial charge < -0.3 is 10.2 Å². The molecule has 2 nitrogen and oxygen atoms in total. The highest BCUT2D eigenvalue weighted by molar-refractivity contribution is 4.80. The number of hydrogen-bond donors (Lipinski definition) is 2. The quantitative estimate of drug-likeness (QED) is 0.481. The van der Waals surface area contributed by atoms with E-state index in [1.165, 1.54) is 0 Å². The van der Waals surface area contributed by atoms with E-state index >= 15 is 0 Å². The van der Waals surface area contributed by atoms with E-state index in [2.05, 4.69) is 0 Å². The molecule has 0 aromatic rings. The first-order chi connectivity index (χ1) is 2.81. The summed E-state index contributed by atoms with van der Waals surface area (Å²) >= 11 is 0. The van der Waals surface area contributed by atoms with Gasteiger partial charge in [0, 0.05) is 5.92 Å². The van der Waals surface area contributed by atoms with Crippen LogP contribution in [0.2, 0.25) is 0 Å². The topological polar surface area (TPSA) is 40.5 Å². The minimum atomic E-state index is -0.00347. The zero-order valence-corrected chi connectivity index (χ0v) is 3.81. The average molecular weight is 89.1 g/mol. The van der Waals surface area contributed by atoms with E-state index in [1.807, 2.05) is 0 Å². The molecule has 0 amide bonds. The van der Waals surface area contributed by atoms with Crippen molar-refractivity contribution in [1.29, 1.82) is 0 Å². The number of aliphatic hydroxyl groups excluding tert-OH is 2. The van der Waals surface area contributed by atoms with Gasteiger partial charge in [-0.25, -0.2) is 0 Å². The molecule has 37 valence electrons. The molecular formula is C4H9O2. The first-order valence-electron chi connectivity index (χ1n) is 1.84. The third kappa shape index (κ3) is 2.18. The van der Waals surface area contributed by atoms with Crippen LogP contribution in [0.15, 0.2) is 0 Å². The Morgan fingerprint density at radius 3 is 1.67 bits per heavy atom. The lowest BCUT2D eigenvalue weighted by molar-refractivity contribution is 0.245. The Morgan fingerprint density at radius 2 is 1.67 bits per heavy atom. The minimum absolute atomic E-state index is 0.00347. The second-order valence-electron chi connectivity index (χ2n) is 1.27. The SMILES string of the molecule is C[C](CO)CO. The Kier molecular flexibility index (Phi) is 3.08. The molecule has 1 radical (unpaired) electrons. The van der Waals surface area contributed by atoms with Gasteiger partial charge in [-0.2, -0.15) is 0 Å². The van der Waals surface area contributed by atoms with E-state index in [-0.39, 0.29) is 13.2 Å². The maximum Gasteiger partial charge on any atom is 0.0513 e. The summed E-state index contributed by atoms with van der Waals surface area (Å²) in [4.78, 5) is 0. The van der Waals surface area contributed by atoms with Crippen LogP contribution in [0.5, 0.6) is 0 Å². The molecular weight excluding hydrogens is 80.0 g/mol. The van der Waals surface area contributed by atoms with Crippen LogP contribution in [0.4, 0.5) is 0 Å². The zero-order chi connectivity index (χ0) is 4.99. The van der Waals surface area contributed by atoms with Crippen LogP contribution in [0.1, 0.15) is 6.92 Å². The average Bonchev–Trinajstić information content (AvgIpc) is 1.65. The third-order valence-corrected chi connectivity index (χ3v) is 0.540. The molecule has 0 atom stereocenters. The van der Waals surface area contributed by atoms with Gasteiger partial charge in [0.1, 0.15) is 0 Å². The van der Waals surface area contributed by atoms with E-state index in [9.17, 15) is 0 Å². The fraction of sp³-hybridized carbons (Fsp3) is 0.750. The van der Waals surface area contributed by atoms with Crippen molar-refractivity contribution in [3.05, 3.63) is 5.92 Å². The van der Waals surface area contributed by atoms with Gasteiger partial charge in [0.05, 0.1) is 13.2 Å². The molecule has 0 bridgehead atoms. The molecule has 2 heteroatoms. The van der Waals surface area contributed by atoms with Crippen LogP contribution >= 0.6 is 0 Å². The van der Waals surface area contributed by atoms with Crippen molar-refractivity contribution in [2.45, 2.75) is 6.92 Å². The molecule has 6 heavy (non-hydrogen) atoms. The maximum atomic E-state index is 8.14. The van der Waals surface area contributed by atoms with E-state index in [1.54, 1.807) is 6.92 Å². The summed E-state index contributed by atoms with van der Waals surface area (Å²) in [5, 5.41) is 16.3. The Hall–Kier alpha value is -0.0800. The van der Waals surface area contributed by atoms with E-state index in [4.69, 9.17) is 10.2 Å². The molecule has 0 unspecified atom stereocenters. The largest absolute Gasteiger partial charge is 0.396 e. The van der Waals surface area contributed by atoms with Gasteiger partial charge in [0.2, 0.25) is 0 Å². The summed E-state index contributed by atoms with van der Waals surface area (Å²) in [6.07, 6.45) is 0. The lowest BCUT2D eigenvalue weighted by atomic mass is 10.2. The summed E-state index contributed by atoms with van der Waals surface area (Å²) in [6, 6.07) is 0. The smallest absolute Gasteiger partial charge is 0.0513 e. The zero-order valence-electron chi connectivity index (χ0n) is 3.81. The normalized spacial score (nSPS) is 10.0. The van der Waals surface area contributed by atoms with Gasteiger partial charge >= 0.3 is 0 Å². The molecule has 0 rings (SSSR count). The van der Waals surface area contributed by atoms with E-state index in [0.29, 0.717) is 5.92 Å². The van der Waals surface area contributed by atoms with Crippen molar-refractivity contribution in [2.24, 2.45) is 0 Å². The molecule has 2 N–H and O–H groups in total. The van der Waals surface area contributed by atoms with Crippen molar-refractivity contribution in [3.63, 3.8) is 0 Å². The number of hydrogen-bond acceptors (Lipinski definition) is 2. The number of aliphatic hydroxyl groups is 2.